The summed E-state index contributed by atoms with van der Waals surface area (Å²) in [6, 6.07) is 9.66. The number of fused-ring (bicyclic) bond motifs is 3. The van der Waals surface area contributed by atoms with Gasteiger partial charge in [0.15, 0.2) is 0 Å². The highest BCUT2D eigenvalue weighted by molar-refractivity contribution is 5.89. The van der Waals surface area contributed by atoms with E-state index in [1.165, 1.54) is 17.1 Å². The van der Waals surface area contributed by atoms with Crippen LogP contribution in [0.5, 0.6) is 0 Å². The van der Waals surface area contributed by atoms with Crippen LogP contribution >= 0.6 is 0 Å². The van der Waals surface area contributed by atoms with Crippen molar-refractivity contribution < 1.29 is 9.21 Å². The summed E-state index contributed by atoms with van der Waals surface area (Å²) in [5.74, 6) is 0.344. The van der Waals surface area contributed by atoms with Crippen molar-refractivity contribution in [3.05, 3.63) is 59.0 Å². The molecule has 0 saturated carbocycles. The molecular weight excluding hydrogens is 334 g/mol. The van der Waals surface area contributed by atoms with Crippen LogP contribution in [0.25, 0.3) is 16.4 Å². The molecule has 0 saturated heterocycles. The molecule has 26 heavy (non-hydrogen) atoms. The van der Waals surface area contributed by atoms with Gasteiger partial charge in [-0.15, -0.1) is 0 Å². The number of para-hydroxylation sites is 1. The molecule has 0 radical (unpaired) electrons. The molecule has 1 N–H and O–H groups in total. The largest absolute Gasteiger partial charge is 0.432 e. The van der Waals surface area contributed by atoms with Crippen LogP contribution in [-0.4, -0.2) is 25.1 Å². The highest BCUT2D eigenvalue weighted by Gasteiger charge is 2.18. The predicted octanol–water partition coefficient (Wildman–Crippen LogP) is 2.40. The Bertz CT molecular complexity index is 1150. The lowest BCUT2D eigenvalue weighted by atomic mass is 10.2. The van der Waals surface area contributed by atoms with Gasteiger partial charge in [-0.1, -0.05) is 32.0 Å². The Kier molecular flexibility index (Phi) is 3.80. The van der Waals surface area contributed by atoms with Crippen LogP contribution in [-0.2, 0) is 11.3 Å². The van der Waals surface area contributed by atoms with Crippen LogP contribution in [0.2, 0.25) is 0 Å². The maximum atomic E-state index is 12.9. The van der Waals surface area contributed by atoms with Gasteiger partial charge >= 0.3 is 6.01 Å². The number of benzene rings is 1. The third-order valence-electron chi connectivity index (χ3n) is 4.11. The monoisotopic (exact) mass is 351 g/mol. The van der Waals surface area contributed by atoms with E-state index in [0.717, 1.165) is 10.9 Å². The van der Waals surface area contributed by atoms with Gasteiger partial charge in [0.2, 0.25) is 5.91 Å². The first kappa shape index (κ1) is 16.1. The molecular formula is C18H17N5O3. The number of aromatic nitrogens is 4. The van der Waals surface area contributed by atoms with Gasteiger partial charge in [0.1, 0.15) is 24.1 Å². The maximum absolute atomic E-state index is 12.9. The number of rotatable bonds is 4. The van der Waals surface area contributed by atoms with Gasteiger partial charge in [-0.2, -0.15) is 5.10 Å². The zero-order valence-corrected chi connectivity index (χ0v) is 14.3. The number of hydrogen-bond acceptors (Lipinski definition) is 5. The Morgan fingerprint density at radius 2 is 2.08 bits per heavy atom. The average Bonchev–Trinajstić information content (AvgIpc) is 3.24. The molecule has 0 atom stereocenters. The summed E-state index contributed by atoms with van der Waals surface area (Å²) in [6.45, 7) is 3.77. The molecule has 0 aliphatic carbocycles. The fourth-order valence-corrected chi connectivity index (χ4v) is 2.97. The second-order valence-corrected chi connectivity index (χ2v) is 6.28. The quantitative estimate of drug-likeness (QED) is 0.609. The third kappa shape index (κ3) is 2.65. The number of hydrogen-bond donors (Lipinski definition) is 1. The molecule has 3 aromatic heterocycles. The molecule has 4 rings (SSSR count). The number of nitrogens with zero attached hydrogens (tertiary/aromatic N) is 4. The van der Waals surface area contributed by atoms with Crippen molar-refractivity contribution in [2.45, 2.75) is 26.3 Å². The minimum absolute atomic E-state index is 0.0648. The standard InChI is InChI=1S/C18H17N5O3/c1-11(2)16-21-22(10-15(24)20-18-19-7-8-26-18)17(25)14-9-12-5-3-4-6-13(12)23(14)16/h3-9,11H,10H2,1-2H3,(H,19,20,24). The van der Waals surface area contributed by atoms with Gasteiger partial charge in [-0.05, 0) is 12.1 Å². The first-order valence-corrected chi connectivity index (χ1v) is 8.25. The van der Waals surface area contributed by atoms with E-state index >= 15 is 0 Å². The Balaban J connectivity index is 1.83. The van der Waals surface area contributed by atoms with Crippen molar-refractivity contribution in [3.63, 3.8) is 0 Å². The van der Waals surface area contributed by atoms with Crippen molar-refractivity contribution in [2.24, 2.45) is 0 Å². The molecule has 0 fully saturated rings. The van der Waals surface area contributed by atoms with Gasteiger partial charge in [0, 0.05) is 11.3 Å². The number of carbonyl (C=O) groups is 1. The lowest BCUT2D eigenvalue weighted by molar-refractivity contribution is -0.117. The van der Waals surface area contributed by atoms with Gasteiger partial charge < -0.3 is 4.42 Å². The van der Waals surface area contributed by atoms with E-state index in [9.17, 15) is 9.59 Å². The minimum atomic E-state index is -0.433. The fourth-order valence-electron chi connectivity index (χ4n) is 2.97. The van der Waals surface area contributed by atoms with E-state index < -0.39 is 5.91 Å². The number of amides is 1. The summed E-state index contributed by atoms with van der Waals surface area (Å²) in [4.78, 5) is 28.9. The lowest BCUT2D eigenvalue weighted by Crippen LogP contribution is -2.32. The highest BCUT2D eigenvalue weighted by Crippen LogP contribution is 2.22. The van der Waals surface area contributed by atoms with Crippen molar-refractivity contribution in [3.8, 4) is 0 Å². The Morgan fingerprint density at radius 3 is 2.81 bits per heavy atom. The van der Waals surface area contributed by atoms with E-state index in [4.69, 9.17) is 4.42 Å². The summed E-state index contributed by atoms with van der Waals surface area (Å²) < 4.78 is 8.04. The van der Waals surface area contributed by atoms with E-state index in [0.29, 0.717) is 11.3 Å². The van der Waals surface area contributed by atoms with E-state index in [2.05, 4.69) is 15.4 Å². The molecule has 1 aromatic carbocycles. The topological polar surface area (TPSA) is 94.4 Å². The molecule has 0 spiro atoms. The molecule has 4 aromatic rings. The van der Waals surface area contributed by atoms with Crippen LogP contribution in [0.4, 0.5) is 6.01 Å². The normalized spacial score (nSPS) is 11.5. The molecule has 0 unspecified atom stereocenters. The molecule has 8 nitrogen and oxygen atoms in total. The summed E-state index contributed by atoms with van der Waals surface area (Å²) in [6.07, 6.45) is 2.78. The number of nitrogens with one attached hydrogen (secondary N) is 1. The average molecular weight is 351 g/mol. The Morgan fingerprint density at radius 1 is 1.27 bits per heavy atom. The van der Waals surface area contributed by atoms with Crippen LogP contribution in [0.15, 0.2) is 52.0 Å². The second-order valence-electron chi connectivity index (χ2n) is 6.28. The smallest absolute Gasteiger partial charge is 0.301 e. The van der Waals surface area contributed by atoms with E-state index in [1.807, 2.05) is 48.6 Å². The summed E-state index contributed by atoms with van der Waals surface area (Å²) in [7, 11) is 0. The SMILES string of the molecule is CC(C)c1nn(CC(=O)Nc2ncco2)c(=O)c2cc3ccccc3n12. The Hall–Kier alpha value is -3.42. The minimum Gasteiger partial charge on any atom is -0.432 e. The van der Waals surface area contributed by atoms with Crippen LogP contribution < -0.4 is 10.9 Å². The molecule has 0 aliphatic rings. The van der Waals surface area contributed by atoms with E-state index in [1.54, 1.807) is 0 Å². The first-order valence-electron chi connectivity index (χ1n) is 8.25. The first-order chi connectivity index (χ1) is 12.5. The van der Waals surface area contributed by atoms with Crippen molar-refractivity contribution in [2.75, 3.05) is 5.32 Å². The number of carbonyl (C=O) groups excluding carboxylic acids is 1. The molecule has 3 heterocycles. The van der Waals surface area contributed by atoms with Crippen molar-refractivity contribution in [1.29, 1.82) is 0 Å². The zero-order chi connectivity index (χ0) is 18.3. The fraction of sp³-hybridized carbons (Fsp3) is 0.222. The van der Waals surface area contributed by atoms with Gasteiger partial charge in [-0.3, -0.25) is 19.3 Å². The van der Waals surface area contributed by atoms with Gasteiger partial charge in [0.05, 0.1) is 11.7 Å². The van der Waals surface area contributed by atoms with Crippen molar-refractivity contribution in [1.82, 2.24) is 19.2 Å². The van der Waals surface area contributed by atoms with Crippen LogP contribution in [0.3, 0.4) is 0 Å². The number of anilines is 1. The predicted molar refractivity (Wildman–Crippen MR) is 96.2 cm³/mol. The van der Waals surface area contributed by atoms with E-state index in [-0.39, 0.29) is 24.0 Å². The Labute approximate surface area is 148 Å². The third-order valence-corrected chi connectivity index (χ3v) is 4.11. The summed E-state index contributed by atoms with van der Waals surface area (Å²) in [5, 5.41) is 7.90. The molecule has 1 amide bonds. The van der Waals surface area contributed by atoms with Crippen molar-refractivity contribution >= 4 is 28.3 Å². The zero-order valence-electron chi connectivity index (χ0n) is 14.3. The molecule has 0 bridgehead atoms. The van der Waals surface area contributed by atoms with Crippen LogP contribution in [0.1, 0.15) is 25.6 Å². The van der Waals surface area contributed by atoms with Gasteiger partial charge in [-0.25, -0.2) is 9.67 Å². The molecule has 8 heteroatoms. The lowest BCUT2D eigenvalue weighted by Gasteiger charge is -2.13. The van der Waals surface area contributed by atoms with Gasteiger partial charge in [0.25, 0.3) is 5.56 Å². The molecule has 132 valence electrons. The summed E-state index contributed by atoms with van der Waals surface area (Å²) in [5.41, 5.74) is 1.09. The second kappa shape index (κ2) is 6.14. The number of oxazole rings is 1. The van der Waals surface area contributed by atoms with Crippen LogP contribution in [0, 0.1) is 0 Å². The summed E-state index contributed by atoms with van der Waals surface area (Å²) >= 11 is 0. The maximum Gasteiger partial charge on any atom is 0.301 e. The molecule has 0 aliphatic heterocycles. The highest BCUT2D eigenvalue weighted by atomic mass is 16.4.